The maximum atomic E-state index is 5.70. The highest BCUT2D eigenvalue weighted by Gasteiger charge is 2.24. The van der Waals surface area contributed by atoms with Gasteiger partial charge in [-0.05, 0) is 47.3 Å². The Morgan fingerprint density at radius 1 is 1.56 bits per heavy atom. The fourth-order valence-corrected chi connectivity index (χ4v) is 2.48. The molecule has 0 spiro atoms. The number of hydrogen-bond donors (Lipinski definition) is 1. The van der Waals surface area contributed by atoms with Gasteiger partial charge in [0, 0.05) is 12.6 Å². The van der Waals surface area contributed by atoms with Crippen molar-refractivity contribution < 1.29 is 9.15 Å². The summed E-state index contributed by atoms with van der Waals surface area (Å²) in [5.74, 6) is 0.961. The van der Waals surface area contributed by atoms with E-state index in [4.69, 9.17) is 9.15 Å². The number of ether oxygens (including phenoxy) is 1. The lowest BCUT2D eigenvalue weighted by atomic mass is 10.1. The summed E-state index contributed by atoms with van der Waals surface area (Å²) < 4.78 is 11.9. The minimum absolute atomic E-state index is 0.378. The van der Waals surface area contributed by atoms with Gasteiger partial charge >= 0.3 is 0 Å². The van der Waals surface area contributed by atoms with Gasteiger partial charge in [0.15, 0.2) is 4.67 Å². The molecule has 3 nitrogen and oxygen atoms in total. The molecule has 1 aromatic heterocycles. The van der Waals surface area contributed by atoms with Crippen LogP contribution in [0.3, 0.4) is 0 Å². The molecule has 4 heteroatoms. The van der Waals surface area contributed by atoms with E-state index >= 15 is 0 Å². The van der Waals surface area contributed by atoms with Crippen LogP contribution in [0.1, 0.15) is 31.9 Å². The fraction of sp³-hybridized carbons (Fsp3) is 0.667. The van der Waals surface area contributed by atoms with Crippen molar-refractivity contribution in [3.8, 4) is 0 Å². The van der Waals surface area contributed by atoms with Crippen LogP contribution < -0.4 is 5.32 Å². The number of hydrogen-bond acceptors (Lipinski definition) is 3. The Kier molecular flexibility index (Phi) is 4.44. The largest absolute Gasteiger partial charge is 0.453 e. The Balaban J connectivity index is 1.82. The topological polar surface area (TPSA) is 34.4 Å². The van der Waals surface area contributed by atoms with Gasteiger partial charge in [-0.2, -0.15) is 0 Å². The minimum Gasteiger partial charge on any atom is -0.453 e. The summed E-state index contributed by atoms with van der Waals surface area (Å²) in [5.41, 5.74) is 0. The highest BCUT2D eigenvalue weighted by Crippen LogP contribution is 2.19. The van der Waals surface area contributed by atoms with Gasteiger partial charge in [0.2, 0.25) is 0 Å². The molecule has 1 N–H and O–H groups in total. The van der Waals surface area contributed by atoms with Gasteiger partial charge in [0.1, 0.15) is 5.76 Å². The molecule has 0 unspecified atom stereocenters. The summed E-state index contributed by atoms with van der Waals surface area (Å²) >= 11 is 3.30. The van der Waals surface area contributed by atoms with Crippen LogP contribution in [0.5, 0.6) is 0 Å². The lowest BCUT2D eigenvalue weighted by molar-refractivity contribution is 0.0758. The van der Waals surface area contributed by atoms with Crippen molar-refractivity contribution in [3.05, 3.63) is 22.6 Å². The van der Waals surface area contributed by atoms with E-state index in [9.17, 15) is 0 Å². The number of halogens is 1. The number of nitrogens with one attached hydrogen (secondary N) is 1. The van der Waals surface area contributed by atoms with Gasteiger partial charge in [0.05, 0.1) is 12.6 Å². The van der Waals surface area contributed by atoms with Gasteiger partial charge in [0.25, 0.3) is 0 Å². The predicted molar refractivity (Wildman–Crippen MR) is 66.3 cm³/mol. The lowest BCUT2D eigenvalue weighted by Gasteiger charge is -2.22. The van der Waals surface area contributed by atoms with E-state index in [-0.39, 0.29) is 0 Å². The van der Waals surface area contributed by atoms with Crippen molar-refractivity contribution in [3.63, 3.8) is 0 Å². The smallest absolute Gasteiger partial charge is 0.169 e. The molecule has 2 heterocycles. The van der Waals surface area contributed by atoms with Crippen molar-refractivity contribution in [1.29, 1.82) is 0 Å². The molecular formula is C12H18BrNO2. The summed E-state index contributed by atoms with van der Waals surface area (Å²) in [6.45, 7) is 3.87. The zero-order chi connectivity index (χ0) is 11.4. The van der Waals surface area contributed by atoms with Crippen LogP contribution in [0.2, 0.25) is 0 Å². The first-order chi connectivity index (χ1) is 7.79. The summed E-state index contributed by atoms with van der Waals surface area (Å²) in [6.07, 6.45) is 3.83. The van der Waals surface area contributed by atoms with E-state index in [1.807, 2.05) is 12.1 Å². The van der Waals surface area contributed by atoms with Crippen LogP contribution in [0.4, 0.5) is 0 Å². The molecule has 16 heavy (non-hydrogen) atoms. The van der Waals surface area contributed by atoms with Crippen molar-refractivity contribution >= 4 is 15.9 Å². The van der Waals surface area contributed by atoms with Crippen molar-refractivity contribution in [2.75, 3.05) is 6.61 Å². The van der Waals surface area contributed by atoms with Crippen molar-refractivity contribution in [2.24, 2.45) is 0 Å². The molecule has 2 atom stereocenters. The second-order valence-electron chi connectivity index (χ2n) is 4.15. The van der Waals surface area contributed by atoms with Crippen LogP contribution in [-0.4, -0.2) is 18.8 Å². The van der Waals surface area contributed by atoms with Gasteiger partial charge < -0.3 is 14.5 Å². The third-order valence-electron chi connectivity index (χ3n) is 3.02. The molecule has 0 amide bonds. The van der Waals surface area contributed by atoms with E-state index in [1.54, 1.807) is 0 Å². The zero-order valence-corrected chi connectivity index (χ0v) is 11.1. The number of furan rings is 1. The normalized spacial score (nSPS) is 22.5. The molecule has 1 aliphatic heterocycles. The number of rotatable bonds is 5. The summed E-state index contributed by atoms with van der Waals surface area (Å²) in [7, 11) is 0. The standard InChI is InChI=1S/C12H18BrNO2/c1-2-10(11-4-3-7-15-11)14-8-9-5-6-12(13)16-9/h5-6,10-11,14H,2-4,7-8H2,1H3/t10-,11-/m0/s1. The van der Waals surface area contributed by atoms with E-state index in [1.165, 1.54) is 12.8 Å². The monoisotopic (exact) mass is 287 g/mol. The first-order valence-electron chi connectivity index (χ1n) is 5.89. The third kappa shape index (κ3) is 3.09. The highest BCUT2D eigenvalue weighted by molar-refractivity contribution is 9.10. The third-order valence-corrected chi connectivity index (χ3v) is 3.45. The first-order valence-corrected chi connectivity index (χ1v) is 6.68. The molecule has 0 aromatic carbocycles. The van der Waals surface area contributed by atoms with Crippen LogP contribution >= 0.6 is 15.9 Å². The molecule has 1 aromatic rings. The average Bonchev–Trinajstić information content (AvgIpc) is 2.91. The Morgan fingerprint density at radius 2 is 2.44 bits per heavy atom. The molecule has 0 aliphatic carbocycles. The Labute approximate surface area is 105 Å². The molecule has 0 saturated carbocycles. The van der Waals surface area contributed by atoms with E-state index in [0.717, 1.165) is 30.0 Å². The summed E-state index contributed by atoms with van der Waals surface area (Å²) in [5, 5.41) is 3.50. The lowest BCUT2D eigenvalue weighted by Crippen LogP contribution is -2.38. The first kappa shape index (κ1) is 12.1. The van der Waals surface area contributed by atoms with E-state index in [2.05, 4.69) is 28.2 Å². The molecule has 0 bridgehead atoms. The van der Waals surface area contributed by atoms with Crippen LogP contribution in [0.25, 0.3) is 0 Å². The maximum Gasteiger partial charge on any atom is 0.169 e. The molecule has 1 saturated heterocycles. The highest BCUT2D eigenvalue weighted by atomic mass is 79.9. The minimum atomic E-state index is 0.378. The van der Waals surface area contributed by atoms with Crippen molar-refractivity contribution in [1.82, 2.24) is 5.32 Å². The Morgan fingerprint density at radius 3 is 3.00 bits per heavy atom. The predicted octanol–water partition coefficient (Wildman–Crippen LogP) is 3.09. The van der Waals surface area contributed by atoms with Gasteiger partial charge in [-0.15, -0.1) is 0 Å². The molecular weight excluding hydrogens is 270 g/mol. The van der Waals surface area contributed by atoms with Crippen LogP contribution in [0, 0.1) is 0 Å². The molecule has 1 aliphatic rings. The van der Waals surface area contributed by atoms with Gasteiger partial charge in [-0.1, -0.05) is 6.92 Å². The summed E-state index contributed by atoms with van der Waals surface area (Å²) in [6, 6.07) is 4.34. The second kappa shape index (κ2) is 5.84. The Hall–Kier alpha value is -0.320. The maximum absolute atomic E-state index is 5.70. The molecule has 0 radical (unpaired) electrons. The van der Waals surface area contributed by atoms with Gasteiger partial charge in [-0.3, -0.25) is 0 Å². The van der Waals surface area contributed by atoms with E-state index in [0.29, 0.717) is 12.1 Å². The fourth-order valence-electron chi connectivity index (χ4n) is 2.14. The Bertz CT molecular complexity index is 321. The molecule has 2 rings (SSSR count). The molecule has 90 valence electrons. The van der Waals surface area contributed by atoms with Crippen LogP contribution in [-0.2, 0) is 11.3 Å². The zero-order valence-electron chi connectivity index (χ0n) is 9.54. The van der Waals surface area contributed by atoms with Crippen LogP contribution in [0.15, 0.2) is 21.2 Å². The summed E-state index contributed by atoms with van der Waals surface area (Å²) in [4.78, 5) is 0. The SMILES string of the molecule is CC[C@H](NCc1ccc(Br)o1)[C@@H]1CCCO1. The average molecular weight is 288 g/mol. The second-order valence-corrected chi connectivity index (χ2v) is 4.93. The van der Waals surface area contributed by atoms with Gasteiger partial charge in [-0.25, -0.2) is 0 Å². The van der Waals surface area contributed by atoms with E-state index < -0.39 is 0 Å². The quantitative estimate of drug-likeness (QED) is 0.904. The van der Waals surface area contributed by atoms with Crippen molar-refractivity contribution in [2.45, 2.75) is 44.9 Å². The molecule has 1 fully saturated rings.